The number of fused-ring (bicyclic) bond motifs is 1. The molecule has 3 heterocycles. The predicted molar refractivity (Wildman–Crippen MR) is 80.9 cm³/mol. The second kappa shape index (κ2) is 6.03. The quantitative estimate of drug-likeness (QED) is 0.885. The smallest absolute Gasteiger partial charge is 0.358 e. The Hall–Kier alpha value is -1.59. The van der Waals surface area contributed by atoms with Crippen LogP contribution in [-0.4, -0.2) is 35.1 Å². The molecule has 2 aromatic heterocycles. The fourth-order valence-corrected chi connectivity index (χ4v) is 2.99. The number of nitrogens with one attached hydrogen (secondary N) is 1. The molecule has 1 aliphatic rings. The highest BCUT2D eigenvalue weighted by atomic mass is 35.5. The van der Waals surface area contributed by atoms with E-state index in [-0.39, 0.29) is 0 Å². The van der Waals surface area contributed by atoms with Crippen LogP contribution in [-0.2, 0) is 11.2 Å². The fourth-order valence-electron chi connectivity index (χ4n) is 2.83. The molecule has 1 aliphatic heterocycles. The first-order chi connectivity index (χ1) is 10.2. The van der Waals surface area contributed by atoms with Crippen LogP contribution in [0, 0.1) is 0 Å². The van der Waals surface area contributed by atoms with E-state index in [4.69, 9.17) is 16.3 Å². The predicted octanol–water partition coefficient (Wildman–Crippen LogP) is 2.46. The van der Waals surface area contributed by atoms with E-state index in [0.29, 0.717) is 22.3 Å². The number of pyridine rings is 1. The van der Waals surface area contributed by atoms with Crippen molar-refractivity contribution in [2.24, 2.45) is 0 Å². The largest absolute Gasteiger partial charge is 0.464 e. The lowest BCUT2D eigenvalue weighted by Gasteiger charge is -2.22. The number of aromatic nitrogens is 2. The monoisotopic (exact) mass is 307 g/mol. The van der Waals surface area contributed by atoms with Crippen molar-refractivity contribution in [2.75, 3.05) is 13.7 Å². The average Bonchev–Trinajstić information content (AvgIpc) is 2.85. The van der Waals surface area contributed by atoms with Gasteiger partial charge in [0.15, 0.2) is 5.69 Å². The van der Waals surface area contributed by atoms with Gasteiger partial charge in [-0.2, -0.15) is 0 Å². The van der Waals surface area contributed by atoms with E-state index in [2.05, 4.69) is 10.3 Å². The number of nitrogens with zero attached hydrogens (tertiary/aromatic N) is 2. The van der Waals surface area contributed by atoms with Crippen molar-refractivity contribution in [3.05, 3.63) is 34.9 Å². The Morgan fingerprint density at radius 1 is 1.57 bits per heavy atom. The van der Waals surface area contributed by atoms with E-state index < -0.39 is 5.97 Å². The lowest BCUT2D eigenvalue weighted by atomic mass is 10.0. The van der Waals surface area contributed by atoms with Crippen LogP contribution in [0.15, 0.2) is 18.3 Å². The minimum Gasteiger partial charge on any atom is -0.464 e. The molecule has 1 saturated heterocycles. The number of rotatable bonds is 3. The van der Waals surface area contributed by atoms with Crippen molar-refractivity contribution >= 4 is 23.1 Å². The maximum atomic E-state index is 11.9. The lowest BCUT2D eigenvalue weighted by Crippen LogP contribution is -2.36. The van der Waals surface area contributed by atoms with Crippen molar-refractivity contribution < 1.29 is 9.53 Å². The van der Waals surface area contributed by atoms with Crippen LogP contribution in [0.5, 0.6) is 0 Å². The molecule has 3 rings (SSSR count). The number of ether oxygens (including phenoxy) is 1. The third-order valence-corrected chi connectivity index (χ3v) is 4.13. The minimum atomic E-state index is -0.433. The molecule has 0 aliphatic carbocycles. The Bertz CT molecular complexity index is 662. The Kier molecular flexibility index (Phi) is 4.12. The standard InChI is InChI=1S/C15H18ClN3O2/c1-21-15(20)14-12-8-10(16)5-7-19(12)13(18-14)9-11-4-2-3-6-17-11/h5,7-8,11,17H,2-4,6,9H2,1H3. The molecule has 1 N–H and O–H groups in total. The normalized spacial score (nSPS) is 18.9. The van der Waals surface area contributed by atoms with E-state index in [0.717, 1.165) is 25.2 Å². The van der Waals surface area contributed by atoms with Gasteiger partial charge in [-0.25, -0.2) is 9.78 Å². The summed E-state index contributed by atoms with van der Waals surface area (Å²) in [7, 11) is 1.36. The lowest BCUT2D eigenvalue weighted by molar-refractivity contribution is 0.0596. The molecule has 0 aromatic carbocycles. The maximum Gasteiger partial charge on any atom is 0.358 e. The van der Waals surface area contributed by atoms with Gasteiger partial charge in [-0.15, -0.1) is 0 Å². The molecular weight excluding hydrogens is 290 g/mol. The number of carbonyl (C=O) groups excluding carboxylic acids is 1. The summed E-state index contributed by atoms with van der Waals surface area (Å²) in [5, 5.41) is 4.08. The Morgan fingerprint density at radius 2 is 2.43 bits per heavy atom. The maximum absolute atomic E-state index is 11.9. The average molecular weight is 308 g/mol. The van der Waals surface area contributed by atoms with Gasteiger partial charge in [0.2, 0.25) is 0 Å². The summed E-state index contributed by atoms with van der Waals surface area (Å²) in [4.78, 5) is 16.4. The number of hydrogen-bond acceptors (Lipinski definition) is 4. The molecule has 0 spiro atoms. The van der Waals surface area contributed by atoms with E-state index in [1.807, 2.05) is 10.6 Å². The highest BCUT2D eigenvalue weighted by Crippen LogP contribution is 2.21. The van der Waals surface area contributed by atoms with Gasteiger partial charge in [-0.05, 0) is 31.5 Å². The first-order valence-electron chi connectivity index (χ1n) is 7.17. The zero-order chi connectivity index (χ0) is 14.8. The second-order valence-electron chi connectivity index (χ2n) is 5.32. The summed E-state index contributed by atoms with van der Waals surface area (Å²) in [6.07, 6.45) is 6.24. The molecule has 5 nitrogen and oxygen atoms in total. The minimum absolute atomic E-state index is 0.325. The van der Waals surface area contributed by atoms with Crippen LogP contribution >= 0.6 is 11.6 Å². The summed E-state index contributed by atoms with van der Waals surface area (Å²) in [5.74, 6) is 0.430. The zero-order valence-electron chi connectivity index (χ0n) is 11.9. The zero-order valence-corrected chi connectivity index (χ0v) is 12.7. The molecule has 2 aromatic rings. The van der Waals surface area contributed by atoms with Gasteiger partial charge >= 0.3 is 5.97 Å². The number of carbonyl (C=O) groups is 1. The van der Waals surface area contributed by atoms with Crippen LogP contribution in [0.4, 0.5) is 0 Å². The molecular formula is C15H18ClN3O2. The molecule has 0 saturated carbocycles. The molecule has 0 radical (unpaired) electrons. The van der Waals surface area contributed by atoms with Gasteiger partial charge in [0.1, 0.15) is 5.82 Å². The van der Waals surface area contributed by atoms with Crippen molar-refractivity contribution in [2.45, 2.75) is 31.7 Å². The van der Waals surface area contributed by atoms with Gasteiger partial charge < -0.3 is 14.5 Å². The highest BCUT2D eigenvalue weighted by molar-refractivity contribution is 6.31. The molecule has 0 amide bonds. The topological polar surface area (TPSA) is 55.6 Å². The van der Waals surface area contributed by atoms with Gasteiger partial charge in [0.05, 0.1) is 12.6 Å². The molecule has 0 bridgehead atoms. The van der Waals surface area contributed by atoms with Gasteiger partial charge in [-0.1, -0.05) is 18.0 Å². The molecule has 21 heavy (non-hydrogen) atoms. The van der Waals surface area contributed by atoms with Crippen molar-refractivity contribution in [3.8, 4) is 0 Å². The second-order valence-corrected chi connectivity index (χ2v) is 5.76. The van der Waals surface area contributed by atoms with Crippen LogP contribution in [0.25, 0.3) is 5.52 Å². The van der Waals surface area contributed by atoms with E-state index in [9.17, 15) is 4.79 Å². The van der Waals surface area contributed by atoms with Crippen LogP contribution in [0.3, 0.4) is 0 Å². The first kappa shape index (κ1) is 14.4. The summed E-state index contributed by atoms with van der Waals surface area (Å²) in [6, 6.07) is 3.96. The number of esters is 1. The third kappa shape index (κ3) is 2.89. The molecule has 1 unspecified atom stereocenters. The van der Waals surface area contributed by atoms with Crippen LogP contribution < -0.4 is 5.32 Å². The highest BCUT2D eigenvalue weighted by Gasteiger charge is 2.21. The number of imidazole rings is 1. The van der Waals surface area contributed by atoms with E-state index in [1.54, 1.807) is 12.1 Å². The van der Waals surface area contributed by atoms with Crippen molar-refractivity contribution in [1.29, 1.82) is 0 Å². The third-order valence-electron chi connectivity index (χ3n) is 3.90. The Balaban J connectivity index is 1.99. The summed E-state index contributed by atoms with van der Waals surface area (Å²) >= 11 is 6.03. The van der Waals surface area contributed by atoms with Gasteiger partial charge in [-0.3, -0.25) is 0 Å². The SMILES string of the molecule is COC(=O)c1nc(CC2CCCCN2)n2ccc(Cl)cc12. The van der Waals surface area contributed by atoms with Gasteiger partial charge in [0, 0.05) is 23.7 Å². The van der Waals surface area contributed by atoms with Crippen LogP contribution in [0.1, 0.15) is 35.6 Å². The Morgan fingerprint density at radius 3 is 3.14 bits per heavy atom. The molecule has 1 atom stereocenters. The summed E-state index contributed by atoms with van der Waals surface area (Å²) in [6.45, 7) is 1.05. The van der Waals surface area contributed by atoms with E-state index in [1.165, 1.54) is 20.0 Å². The summed E-state index contributed by atoms with van der Waals surface area (Å²) in [5.41, 5.74) is 1.02. The fraction of sp³-hybridized carbons (Fsp3) is 0.467. The molecule has 112 valence electrons. The first-order valence-corrected chi connectivity index (χ1v) is 7.55. The molecule has 1 fully saturated rings. The Labute approximate surface area is 128 Å². The number of piperidine rings is 1. The number of methoxy groups -OCH3 is 1. The number of halogens is 1. The summed E-state index contributed by atoms with van der Waals surface area (Å²) < 4.78 is 6.74. The van der Waals surface area contributed by atoms with E-state index >= 15 is 0 Å². The van der Waals surface area contributed by atoms with Crippen LogP contribution in [0.2, 0.25) is 5.02 Å². The number of hydrogen-bond donors (Lipinski definition) is 1. The van der Waals surface area contributed by atoms with Crippen molar-refractivity contribution in [1.82, 2.24) is 14.7 Å². The van der Waals surface area contributed by atoms with Crippen molar-refractivity contribution in [3.63, 3.8) is 0 Å². The molecule has 6 heteroatoms. The van der Waals surface area contributed by atoms with Gasteiger partial charge in [0.25, 0.3) is 0 Å².